The van der Waals surface area contributed by atoms with Gasteiger partial charge in [0.2, 0.25) is 5.95 Å². The Balaban J connectivity index is 1.31. The molecule has 1 saturated heterocycles. The lowest BCUT2D eigenvalue weighted by Gasteiger charge is -2.19. The van der Waals surface area contributed by atoms with Crippen LogP contribution in [0.15, 0.2) is 48.9 Å². The largest absolute Gasteiger partial charge is 0.481 e. The third-order valence-corrected chi connectivity index (χ3v) is 7.36. The number of rotatable bonds is 7. The molecule has 2 unspecified atom stereocenters. The van der Waals surface area contributed by atoms with Crippen molar-refractivity contribution in [3.8, 4) is 16.9 Å². The smallest absolute Gasteiger partial charge is 0.387 e. The number of fused-ring (bicyclic) bond motifs is 2. The predicted octanol–water partition coefficient (Wildman–Crippen LogP) is 4.34. The summed E-state index contributed by atoms with van der Waals surface area (Å²) in [5, 5.41) is 9.50. The highest BCUT2D eigenvalue weighted by Gasteiger charge is 2.65. The monoisotopic (exact) mass is 509 g/mol. The van der Waals surface area contributed by atoms with Crippen LogP contribution < -0.4 is 9.64 Å². The Kier molecular flexibility index (Phi) is 5.32. The standard InChI is InChI=1S/C26H22F3N5O3/c1-14-20(6-15-4-2-3-5-21(15)37-24(28)29)34-12-18(19(27)7-22(34)32-14)16-9-30-25(31-10-16)33-11-17-8-26(17,13-33)23(35)36/h2-5,7,9-10,12,17,24H,6,8,11,13H2,1H3,(H,35,36). The number of nitrogens with zero attached hydrogens (tertiary/aromatic N) is 5. The summed E-state index contributed by atoms with van der Waals surface area (Å²) in [6.07, 6.45) is 5.54. The van der Waals surface area contributed by atoms with E-state index in [1.807, 2.05) is 4.90 Å². The van der Waals surface area contributed by atoms with Crippen molar-refractivity contribution in [2.24, 2.45) is 11.3 Å². The first-order valence-corrected chi connectivity index (χ1v) is 11.8. The van der Waals surface area contributed by atoms with E-state index in [2.05, 4.69) is 19.7 Å². The fourth-order valence-corrected chi connectivity index (χ4v) is 5.29. The molecule has 4 aromatic rings. The van der Waals surface area contributed by atoms with Crippen LogP contribution in [0, 0.1) is 24.1 Å². The Hall–Kier alpha value is -4.15. The molecule has 1 aliphatic heterocycles. The van der Waals surface area contributed by atoms with Crippen molar-refractivity contribution in [3.63, 3.8) is 0 Å². The Labute approximate surface area is 209 Å². The van der Waals surface area contributed by atoms with Crippen molar-refractivity contribution < 1.29 is 27.8 Å². The average Bonchev–Trinajstić information content (AvgIpc) is 3.31. The second-order valence-electron chi connectivity index (χ2n) is 9.58. The number of carboxylic acid groups (broad SMARTS) is 1. The molecule has 11 heteroatoms. The number of aryl methyl sites for hydroxylation is 1. The number of aliphatic carboxylic acids is 1. The minimum atomic E-state index is -2.95. The lowest BCUT2D eigenvalue weighted by Crippen LogP contribution is -2.29. The van der Waals surface area contributed by atoms with Crippen LogP contribution in [-0.4, -0.2) is 50.1 Å². The Morgan fingerprint density at radius 1 is 1.27 bits per heavy atom. The van der Waals surface area contributed by atoms with Crippen LogP contribution in [0.25, 0.3) is 16.8 Å². The molecule has 1 saturated carbocycles. The van der Waals surface area contributed by atoms with Gasteiger partial charge in [-0.05, 0) is 25.3 Å². The summed E-state index contributed by atoms with van der Waals surface area (Å²) in [6, 6.07) is 7.84. The van der Waals surface area contributed by atoms with Crippen LogP contribution >= 0.6 is 0 Å². The molecule has 2 aliphatic rings. The third kappa shape index (κ3) is 3.94. The van der Waals surface area contributed by atoms with Crippen molar-refractivity contribution in [3.05, 3.63) is 71.7 Å². The maximum atomic E-state index is 15.1. The van der Waals surface area contributed by atoms with Gasteiger partial charge in [-0.15, -0.1) is 0 Å². The fraction of sp³-hybridized carbons (Fsp3) is 0.308. The van der Waals surface area contributed by atoms with Gasteiger partial charge in [0.1, 0.15) is 17.2 Å². The molecule has 1 aromatic carbocycles. The number of piperidine rings is 1. The van der Waals surface area contributed by atoms with Crippen LogP contribution in [0.5, 0.6) is 5.75 Å². The van der Waals surface area contributed by atoms with Gasteiger partial charge in [0, 0.05) is 66.6 Å². The molecule has 0 radical (unpaired) electrons. The molecule has 2 fully saturated rings. The van der Waals surface area contributed by atoms with Crippen LogP contribution in [0.3, 0.4) is 0 Å². The van der Waals surface area contributed by atoms with Gasteiger partial charge in [0.05, 0.1) is 11.1 Å². The number of imidazole rings is 1. The lowest BCUT2D eigenvalue weighted by atomic mass is 10.1. The molecule has 1 aliphatic carbocycles. The summed E-state index contributed by atoms with van der Waals surface area (Å²) in [7, 11) is 0. The Morgan fingerprint density at radius 3 is 2.73 bits per heavy atom. The molecule has 6 rings (SSSR count). The third-order valence-electron chi connectivity index (χ3n) is 7.36. The number of carbonyl (C=O) groups is 1. The number of benzene rings is 1. The van der Waals surface area contributed by atoms with E-state index in [-0.39, 0.29) is 23.7 Å². The molecule has 4 heterocycles. The van der Waals surface area contributed by atoms with Gasteiger partial charge in [-0.2, -0.15) is 8.78 Å². The highest BCUT2D eigenvalue weighted by atomic mass is 19.3. The second-order valence-corrected chi connectivity index (χ2v) is 9.58. The van der Waals surface area contributed by atoms with E-state index in [0.717, 1.165) is 0 Å². The first-order chi connectivity index (χ1) is 17.7. The number of para-hydroxylation sites is 1. The summed E-state index contributed by atoms with van der Waals surface area (Å²) < 4.78 is 47.2. The van der Waals surface area contributed by atoms with Gasteiger partial charge in [0.15, 0.2) is 0 Å². The SMILES string of the molecule is Cc1nc2cc(F)c(-c3cnc(N4CC5CC5(C(=O)O)C4)nc3)cn2c1Cc1ccccc1OC(F)F. The van der Waals surface area contributed by atoms with Crippen molar-refractivity contribution in [1.82, 2.24) is 19.4 Å². The van der Waals surface area contributed by atoms with E-state index in [1.165, 1.54) is 24.5 Å². The Bertz CT molecular complexity index is 1520. The number of ether oxygens (including phenoxy) is 1. The van der Waals surface area contributed by atoms with E-state index in [1.54, 1.807) is 35.7 Å². The molecule has 3 aromatic heterocycles. The zero-order chi connectivity index (χ0) is 25.9. The van der Waals surface area contributed by atoms with E-state index < -0.39 is 23.8 Å². The maximum Gasteiger partial charge on any atom is 0.387 e. The molecular weight excluding hydrogens is 487 g/mol. The van der Waals surface area contributed by atoms with Gasteiger partial charge in [0.25, 0.3) is 0 Å². The highest BCUT2D eigenvalue weighted by Crippen LogP contribution is 2.58. The van der Waals surface area contributed by atoms with Crippen molar-refractivity contribution in [2.45, 2.75) is 26.4 Å². The van der Waals surface area contributed by atoms with E-state index >= 15 is 4.39 Å². The number of aromatic nitrogens is 4. The minimum Gasteiger partial charge on any atom is -0.481 e. The summed E-state index contributed by atoms with van der Waals surface area (Å²) in [6.45, 7) is -0.227. The molecule has 190 valence electrons. The second kappa shape index (κ2) is 8.46. The van der Waals surface area contributed by atoms with Crippen molar-refractivity contribution in [1.29, 1.82) is 0 Å². The number of halogens is 3. The first kappa shape index (κ1) is 23.3. The molecule has 2 atom stereocenters. The zero-order valence-electron chi connectivity index (χ0n) is 19.7. The number of anilines is 1. The number of hydrogen-bond donors (Lipinski definition) is 1. The van der Waals surface area contributed by atoms with Crippen molar-refractivity contribution >= 4 is 17.6 Å². The van der Waals surface area contributed by atoms with Crippen molar-refractivity contribution in [2.75, 3.05) is 18.0 Å². The summed E-state index contributed by atoms with van der Waals surface area (Å²) >= 11 is 0. The van der Waals surface area contributed by atoms with Crippen LogP contribution in [0.2, 0.25) is 0 Å². The molecule has 8 nitrogen and oxygen atoms in total. The topological polar surface area (TPSA) is 92.9 Å². The summed E-state index contributed by atoms with van der Waals surface area (Å²) in [5.74, 6) is -0.710. The number of carboxylic acids is 1. The first-order valence-electron chi connectivity index (χ1n) is 11.8. The average molecular weight is 509 g/mol. The highest BCUT2D eigenvalue weighted by molar-refractivity contribution is 5.81. The normalized spacial score (nSPS) is 20.5. The number of pyridine rings is 1. The molecule has 0 spiro atoms. The lowest BCUT2D eigenvalue weighted by molar-refractivity contribution is -0.143. The Morgan fingerprint density at radius 2 is 2.03 bits per heavy atom. The van der Waals surface area contributed by atoms with Gasteiger partial charge in [-0.25, -0.2) is 19.3 Å². The van der Waals surface area contributed by atoms with Gasteiger partial charge >= 0.3 is 12.6 Å². The molecule has 0 bridgehead atoms. The van der Waals surface area contributed by atoms with Crippen LogP contribution in [0.4, 0.5) is 19.1 Å². The maximum absolute atomic E-state index is 15.1. The molecular formula is C26H22F3N5O3. The summed E-state index contributed by atoms with van der Waals surface area (Å²) in [4.78, 5) is 26.6. The van der Waals surface area contributed by atoms with Gasteiger partial charge < -0.3 is 19.1 Å². The fourth-order valence-electron chi connectivity index (χ4n) is 5.29. The summed E-state index contributed by atoms with van der Waals surface area (Å²) in [5.41, 5.74) is 2.26. The quantitative estimate of drug-likeness (QED) is 0.396. The molecule has 37 heavy (non-hydrogen) atoms. The van der Waals surface area contributed by atoms with Crippen LogP contribution in [-0.2, 0) is 11.2 Å². The minimum absolute atomic E-state index is 0.0717. The van der Waals surface area contributed by atoms with E-state index in [0.29, 0.717) is 53.6 Å². The van der Waals surface area contributed by atoms with Crippen LogP contribution in [0.1, 0.15) is 23.4 Å². The number of hydrogen-bond acceptors (Lipinski definition) is 6. The van der Waals surface area contributed by atoms with E-state index in [4.69, 9.17) is 0 Å². The van der Waals surface area contributed by atoms with Gasteiger partial charge in [-0.1, -0.05) is 18.2 Å². The van der Waals surface area contributed by atoms with Gasteiger partial charge in [-0.3, -0.25) is 4.79 Å². The number of alkyl halides is 2. The molecule has 0 amide bonds. The molecule has 1 N–H and O–H groups in total. The van der Waals surface area contributed by atoms with E-state index in [9.17, 15) is 18.7 Å². The predicted molar refractivity (Wildman–Crippen MR) is 127 cm³/mol. The zero-order valence-corrected chi connectivity index (χ0v) is 19.7.